The molecule has 0 amide bonds. The summed E-state index contributed by atoms with van der Waals surface area (Å²) in [5.41, 5.74) is 0.227. The fraction of sp³-hybridized carbons (Fsp3) is 1.00. The molecule has 1 rings (SSSR count). The quantitative estimate of drug-likeness (QED) is 0.758. The monoisotopic (exact) mass is 213 g/mol. The van der Waals surface area contributed by atoms with Gasteiger partial charge in [0.15, 0.2) is 0 Å². The standard InChI is InChI=1S/C13H27NO/c1-13(2,3)14-9-12(10-15-4)11-7-5-6-8-11/h11-12,14H,5-10H2,1-4H3. The lowest BCUT2D eigenvalue weighted by atomic mass is 9.90. The van der Waals surface area contributed by atoms with E-state index in [2.05, 4.69) is 26.1 Å². The Morgan fingerprint density at radius 2 is 1.87 bits per heavy atom. The van der Waals surface area contributed by atoms with Crippen LogP contribution in [0.2, 0.25) is 0 Å². The second-order valence-corrected chi connectivity index (χ2v) is 5.89. The van der Waals surface area contributed by atoms with E-state index in [0.717, 1.165) is 19.1 Å². The molecule has 2 nitrogen and oxygen atoms in total. The number of nitrogens with one attached hydrogen (secondary N) is 1. The van der Waals surface area contributed by atoms with Crippen molar-refractivity contribution in [3.05, 3.63) is 0 Å². The SMILES string of the molecule is COCC(CNC(C)(C)C)C1CCCC1. The second kappa shape index (κ2) is 5.86. The van der Waals surface area contributed by atoms with Gasteiger partial charge >= 0.3 is 0 Å². The minimum atomic E-state index is 0.227. The van der Waals surface area contributed by atoms with Gasteiger partial charge in [0.1, 0.15) is 0 Å². The van der Waals surface area contributed by atoms with Gasteiger partial charge in [-0.05, 0) is 32.6 Å². The number of hydrogen-bond donors (Lipinski definition) is 1. The molecular formula is C13H27NO. The third-order valence-electron chi connectivity index (χ3n) is 3.34. The number of ether oxygens (including phenoxy) is 1. The summed E-state index contributed by atoms with van der Waals surface area (Å²) in [6, 6.07) is 0. The van der Waals surface area contributed by atoms with Crippen LogP contribution in [0.5, 0.6) is 0 Å². The van der Waals surface area contributed by atoms with Crippen LogP contribution in [0.3, 0.4) is 0 Å². The highest BCUT2D eigenvalue weighted by atomic mass is 16.5. The Kier molecular flexibility index (Phi) is 5.07. The lowest BCUT2D eigenvalue weighted by Gasteiger charge is -2.28. The molecule has 15 heavy (non-hydrogen) atoms. The Labute approximate surface area is 94.8 Å². The molecule has 90 valence electrons. The molecule has 0 spiro atoms. The van der Waals surface area contributed by atoms with Gasteiger partial charge in [0, 0.05) is 19.2 Å². The van der Waals surface area contributed by atoms with Crippen molar-refractivity contribution in [2.45, 2.75) is 52.0 Å². The van der Waals surface area contributed by atoms with Gasteiger partial charge in [0.2, 0.25) is 0 Å². The Morgan fingerprint density at radius 1 is 1.27 bits per heavy atom. The van der Waals surface area contributed by atoms with Crippen molar-refractivity contribution >= 4 is 0 Å². The molecule has 0 aliphatic heterocycles. The zero-order valence-electron chi connectivity index (χ0n) is 10.8. The van der Waals surface area contributed by atoms with Crippen LogP contribution in [0, 0.1) is 11.8 Å². The average molecular weight is 213 g/mol. The molecule has 1 aliphatic carbocycles. The van der Waals surface area contributed by atoms with E-state index >= 15 is 0 Å². The van der Waals surface area contributed by atoms with Crippen LogP contribution in [-0.4, -0.2) is 25.8 Å². The summed E-state index contributed by atoms with van der Waals surface area (Å²) in [7, 11) is 1.82. The van der Waals surface area contributed by atoms with Crippen molar-refractivity contribution in [1.82, 2.24) is 5.32 Å². The first-order valence-electron chi connectivity index (χ1n) is 6.27. The van der Waals surface area contributed by atoms with E-state index < -0.39 is 0 Å². The third kappa shape index (κ3) is 4.98. The summed E-state index contributed by atoms with van der Waals surface area (Å²) in [5, 5.41) is 3.60. The Hall–Kier alpha value is -0.0800. The molecule has 2 heteroatoms. The molecule has 1 unspecified atom stereocenters. The fourth-order valence-corrected chi connectivity index (χ4v) is 2.44. The average Bonchev–Trinajstić information content (AvgIpc) is 2.63. The predicted molar refractivity (Wildman–Crippen MR) is 65.1 cm³/mol. The lowest BCUT2D eigenvalue weighted by Crippen LogP contribution is -2.41. The molecule has 1 saturated carbocycles. The molecular weight excluding hydrogens is 186 g/mol. The predicted octanol–water partition coefficient (Wildman–Crippen LogP) is 2.83. The Morgan fingerprint density at radius 3 is 2.33 bits per heavy atom. The molecule has 1 atom stereocenters. The Bertz CT molecular complexity index is 168. The van der Waals surface area contributed by atoms with Crippen molar-refractivity contribution in [1.29, 1.82) is 0 Å². The summed E-state index contributed by atoms with van der Waals surface area (Å²) in [6.07, 6.45) is 5.64. The highest BCUT2D eigenvalue weighted by Crippen LogP contribution is 2.31. The van der Waals surface area contributed by atoms with Crippen LogP contribution < -0.4 is 5.32 Å². The summed E-state index contributed by atoms with van der Waals surface area (Å²) in [4.78, 5) is 0. The molecule has 0 aromatic carbocycles. The van der Waals surface area contributed by atoms with E-state index in [1.165, 1.54) is 25.7 Å². The van der Waals surface area contributed by atoms with Gasteiger partial charge in [-0.15, -0.1) is 0 Å². The topological polar surface area (TPSA) is 21.3 Å². The van der Waals surface area contributed by atoms with E-state index in [4.69, 9.17) is 4.74 Å². The van der Waals surface area contributed by atoms with E-state index in [-0.39, 0.29) is 5.54 Å². The van der Waals surface area contributed by atoms with E-state index in [1.54, 1.807) is 0 Å². The number of rotatable bonds is 5. The zero-order chi connectivity index (χ0) is 11.3. The van der Waals surface area contributed by atoms with Gasteiger partial charge in [-0.25, -0.2) is 0 Å². The maximum absolute atomic E-state index is 5.34. The van der Waals surface area contributed by atoms with Crippen LogP contribution in [-0.2, 0) is 4.74 Å². The third-order valence-corrected chi connectivity index (χ3v) is 3.34. The molecule has 1 N–H and O–H groups in total. The molecule has 0 aromatic rings. The van der Waals surface area contributed by atoms with Crippen LogP contribution in [0.25, 0.3) is 0 Å². The smallest absolute Gasteiger partial charge is 0.0505 e. The van der Waals surface area contributed by atoms with Gasteiger partial charge < -0.3 is 10.1 Å². The second-order valence-electron chi connectivity index (χ2n) is 5.89. The van der Waals surface area contributed by atoms with Crippen molar-refractivity contribution in [3.63, 3.8) is 0 Å². The van der Waals surface area contributed by atoms with E-state index in [1.807, 2.05) is 7.11 Å². The van der Waals surface area contributed by atoms with Crippen LogP contribution in [0.4, 0.5) is 0 Å². The van der Waals surface area contributed by atoms with Crippen LogP contribution in [0.15, 0.2) is 0 Å². The zero-order valence-corrected chi connectivity index (χ0v) is 10.8. The van der Waals surface area contributed by atoms with Gasteiger partial charge in [-0.3, -0.25) is 0 Å². The number of methoxy groups -OCH3 is 1. The van der Waals surface area contributed by atoms with Crippen molar-refractivity contribution < 1.29 is 4.74 Å². The highest BCUT2D eigenvalue weighted by molar-refractivity contribution is 4.80. The van der Waals surface area contributed by atoms with E-state index in [0.29, 0.717) is 5.92 Å². The molecule has 1 fully saturated rings. The summed E-state index contributed by atoms with van der Waals surface area (Å²) >= 11 is 0. The molecule has 0 bridgehead atoms. The number of hydrogen-bond acceptors (Lipinski definition) is 2. The Balaban J connectivity index is 2.35. The lowest BCUT2D eigenvalue weighted by molar-refractivity contribution is 0.115. The minimum Gasteiger partial charge on any atom is -0.384 e. The summed E-state index contributed by atoms with van der Waals surface area (Å²) < 4.78 is 5.34. The van der Waals surface area contributed by atoms with Gasteiger partial charge in [-0.1, -0.05) is 25.7 Å². The molecule has 0 aromatic heterocycles. The maximum atomic E-state index is 5.34. The van der Waals surface area contributed by atoms with Gasteiger partial charge in [-0.2, -0.15) is 0 Å². The van der Waals surface area contributed by atoms with E-state index in [9.17, 15) is 0 Å². The molecule has 0 heterocycles. The van der Waals surface area contributed by atoms with Crippen LogP contribution in [0.1, 0.15) is 46.5 Å². The molecule has 0 saturated heterocycles. The molecule has 0 radical (unpaired) electrons. The van der Waals surface area contributed by atoms with Crippen LogP contribution >= 0.6 is 0 Å². The fourth-order valence-electron chi connectivity index (χ4n) is 2.44. The first kappa shape index (κ1) is 13.0. The molecule has 1 aliphatic rings. The van der Waals surface area contributed by atoms with Crippen molar-refractivity contribution in [2.75, 3.05) is 20.3 Å². The maximum Gasteiger partial charge on any atom is 0.0505 e. The summed E-state index contributed by atoms with van der Waals surface area (Å²) in [6.45, 7) is 8.69. The van der Waals surface area contributed by atoms with Crippen molar-refractivity contribution in [2.24, 2.45) is 11.8 Å². The van der Waals surface area contributed by atoms with Gasteiger partial charge in [0.25, 0.3) is 0 Å². The van der Waals surface area contributed by atoms with Gasteiger partial charge in [0.05, 0.1) is 6.61 Å². The first-order valence-corrected chi connectivity index (χ1v) is 6.27. The summed E-state index contributed by atoms with van der Waals surface area (Å²) in [5.74, 6) is 1.59. The minimum absolute atomic E-state index is 0.227. The largest absolute Gasteiger partial charge is 0.384 e. The first-order chi connectivity index (χ1) is 7.03. The normalized spacial score (nSPS) is 20.8. The van der Waals surface area contributed by atoms with Crippen molar-refractivity contribution in [3.8, 4) is 0 Å². The highest BCUT2D eigenvalue weighted by Gasteiger charge is 2.25.